The van der Waals surface area contributed by atoms with Gasteiger partial charge < -0.3 is 14.8 Å². The lowest BCUT2D eigenvalue weighted by molar-refractivity contribution is -0.140. The van der Waals surface area contributed by atoms with Gasteiger partial charge in [-0.3, -0.25) is 4.79 Å². The normalized spacial score (nSPS) is 22.0. The van der Waals surface area contributed by atoms with Crippen LogP contribution in [0.5, 0.6) is 0 Å². The van der Waals surface area contributed by atoms with E-state index in [1.165, 1.54) is 0 Å². The first-order chi connectivity index (χ1) is 13.2. The Morgan fingerprint density at radius 2 is 1.93 bits per heavy atom. The quantitative estimate of drug-likeness (QED) is 0.876. The molecule has 1 N–H and O–H groups in total. The highest BCUT2D eigenvalue weighted by molar-refractivity contribution is 5.57. The first kappa shape index (κ1) is 18.3. The standard InChI is InChI=1S/C21H27N3O3/c25-20-7-6-19(17-4-2-1-3-5-17)23-24(20)12-11-22-18-8-13-27-21(16-18)9-14-26-15-10-21/h1-7,18,22H,8-16H2/t18-/m0/s1. The van der Waals surface area contributed by atoms with Gasteiger partial charge in [-0.25, -0.2) is 4.68 Å². The van der Waals surface area contributed by atoms with E-state index in [1.807, 2.05) is 30.3 Å². The summed E-state index contributed by atoms with van der Waals surface area (Å²) in [6, 6.07) is 13.7. The monoisotopic (exact) mass is 369 g/mol. The van der Waals surface area contributed by atoms with Crippen LogP contribution in [0.15, 0.2) is 47.3 Å². The molecule has 2 aliphatic rings. The minimum atomic E-state index is -0.0654. The number of rotatable bonds is 5. The summed E-state index contributed by atoms with van der Waals surface area (Å²) in [5.41, 5.74) is 1.76. The number of ether oxygens (including phenoxy) is 2. The summed E-state index contributed by atoms with van der Waals surface area (Å²) < 4.78 is 13.1. The van der Waals surface area contributed by atoms with E-state index in [-0.39, 0.29) is 11.2 Å². The molecular weight excluding hydrogens is 342 g/mol. The van der Waals surface area contributed by atoms with Crippen molar-refractivity contribution in [3.8, 4) is 11.3 Å². The maximum absolute atomic E-state index is 12.2. The second-order valence-corrected chi connectivity index (χ2v) is 7.43. The first-order valence-corrected chi connectivity index (χ1v) is 9.83. The molecule has 0 aliphatic carbocycles. The Labute approximate surface area is 159 Å². The van der Waals surface area contributed by atoms with Crippen molar-refractivity contribution in [3.05, 3.63) is 52.8 Å². The smallest absolute Gasteiger partial charge is 0.266 e. The lowest BCUT2D eigenvalue weighted by Gasteiger charge is -2.43. The van der Waals surface area contributed by atoms with Gasteiger partial charge in [0.25, 0.3) is 5.56 Å². The number of hydrogen-bond donors (Lipinski definition) is 1. The van der Waals surface area contributed by atoms with Crippen LogP contribution < -0.4 is 10.9 Å². The molecule has 27 heavy (non-hydrogen) atoms. The minimum Gasteiger partial charge on any atom is -0.381 e. The maximum atomic E-state index is 12.2. The molecule has 0 saturated carbocycles. The molecule has 0 unspecified atom stereocenters. The third-order valence-corrected chi connectivity index (χ3v) is 5.59. The summed E-state index contributed by atoms with van der Waals surface area (Å²) >= 11 is 0. The van der Waals surface area contributed by atoms with Crippen LogP contribution in [0.2, 0.25) is 0 Å². The molecular formula is C21H27N3O3. The molecule has 6 nitrogen and oxygen atoms in total. The van der Waals surface area contributed by atoms with Crippen LogP contribution >= 0.6 is 0 Å². The van der Waals surface area contributed by atoms with Crippen LogP contribution in [-0.4, -0.2) is 47.8 Å². The van der Waals surface area contributed by atoms with Crippen molar-refractivity contribution in [3.63, 3.8) is 0 Å². The zero-order valence-electron chi connectivity index (χ0n) is 15.6. The Bertz CT molecular complexity index is 794. The molecule has 144 valence electrons. The molecule has 2 aliphatic heterocycles. The van der Waals surface area contributed by atoms with Crippen LogP contribution in [0.3, 0.4) is 0 Å². The van der Waals surface area contributed by atoms with E-state index in [0.717, 1.165) is 63.3 Å². The molecule has 1 aromatic heterocycles. The molecule has 2 saturated heterocycles. The van der Waals surface area contributed by atoms with Crippen LogP contribution in [0.1, 0.15) is 25.7 Å². The first-order valence-electron chi connectivity index (χ1n) is 9.83. The molecule has 1 atom stereocenters. The summed E-state index contributed by atoms with van der Waals surface area (Å²) in [4.78, 5) is 12.2. The third kappa shape index (κ3) is 4.46. The summed E-state index contributed by atoms with van der Waals surface area (Å²) in [7, 11) is 0. The van der Waals surface area contributed by atoms with E-state index in [9.17, 15) is 4.79 Å². The lowest BCUT2D eigenvalue weighted by atomic mass is 9.84. The van der Waals surface area contributed by atoms with Gasteiger partial charge in [0.2, 0.25) is 0 Å². The van der Waals surface area contributed by atoms with Crippen molar-refractivity contribution in [2.24, 2.45) is 0 Å². The van der Waals surface area contributed by atoms with Crippen molar-refractivity contribution >= 4 is 0 Å². The molecule has 6 heteroatoms. The zero-order valence-corrected chi connectivity index (χ0v) is 15.6. The van der Waals surface area contributed by atoms with E-state index >= 15 is 0 Å². The van der Waals surface area contributed by atoms with Crippen LogP contribution in [0, 0.1) is 0 Å². The van der Waals surface area contributed by atoms with Gasteiger partial charge in [-0.05, 0) is 31.7 Å². The predicted molar refractivity (Wildman–Crippen MR) is 104 cm³/mol. The summed E-state index contributed by atoms with van der Waals surface area (Å²) in [5, 5.41) is 8.14. The molecule has 2 fully saturated rings. The number of benzene rings is 1. The van der Waals surface area contributed by atoms with Gasteiger partial charge in [0, 0.05) is 44.0 Å². The molecule has 3 heterocycles. The summed E-state index contributed by atoms with van der Waals surface area (Å²) in [6.45, 7) is 3.66. The van der Waals surface area contributed by atoms with Crippen molar-refractivity contribution in [1.82, 2.24) is 15.1 Å². The fraction of sp³-hybridized carbons (Fsp3) is 0.524. The number of nitrogens with one attached hydrogen (secondary N) is 1. The van der Waals surface area contributed by atoms with Gasteiger partial charge in [0.05, 0.1) is 17.8 Å². The van der Waals surface area contributed by atoms with Gasteiger partial charge in [-0.2, -0.15) is 5.10 Å². The van der Waals surface area contributed by atoms with E-state index in [2.05, 4.69) is 10.4 Å². The van der Waals surface area contributed by atoms with Gasteiger partial charge in [-0.1, -0.05) is 30.3 Å². The second-order valence-electron chi connectivity index (χ2n) is 7.43. The third-order valence-electron chi connectivity index (χ3n) is 5.59. The molecule has 2 aromatic rings. The zero-order chi connectivity index (χ0) is 18.5. The highest BCUT2D eigenvalue weighted by atomic mass is 16.5. The number of hydrogen-bond acceptors (Lipinski definition) is 5. The summed E-state index contributed by atoms with van der Waals surface area (Å²) in [5.74, 6) is 0. The Kier molecular flexibility index (Phi) is 5.66. The van der Waals surface area contributed by atoms with Gasteiger partial charge in [0.1, 0.15) is 0 Å². The van der Waals surface area contributed by atoms with Crippen LogP contribution in [0.25, 0.3) is 11.3 Å². The van der Waals surface area contributed by atoms with Crippen molar-refractivity contribution < 1.29 is 9.47 Å². The van der Waals surface area contributed by atoms with E-state index in [0.29, 0.717) is 12.6 Å². The molecule has 1 aromatic carbocycles. The number of nitrogens with zero attached hydrogens (tertiary/aromatic N) is 2. The molecule has 0 amide bonds. The van der Waals surface area contributed by atoms with Gasteiger partial charge in [-0.15, -0.1) is 0 Å². The molecule has 1 spiro atoms. The van der Waals surface area contributed by atoms with Gasteiger partial charge >= 0.3 is 0 Å². The minimum absolute atomic E-state index is 0.0174. The van der Waals surface area contributed by atoms with Gasteiger partial charge in [0.15, 0.2) is 0 Å². The topological polar surface area (TPSA) is 65.4 Å². The van der Waals surface area contributed by atoms with Crippen LogP contribution in [0.4, 0.5) is 0 Å². The fourth-order valence-corrected chi connectivity index (χ4v) is 4.04. The van der Waals surface area contributed by atoms with Crippen molar-refractivity contribution in [2.75, 3.05) is 26.4 Å². The van der Waals surface area contributed by atoms with E-state index in [1.54, 1.807) is 16.8 Å². The Balaban J connectivity index is 1.35. The van der Waals surface area contributed by atoms with E-state index < -0.39 is 0 Å². The fourth-order valence-electron chi connectivity index (χ4n) is 4.04. The Morgan fingerprint density at radius 1 is 1.11 bits per heavy atom. The molecule has 4 rings (SSSR count). The predicted octanol–water partition coefficient (Wildman–Crippen LogP) is 2.23. The van der Waals surface area contributed by atoms with E-state index in [4.69, 9.17) is 9.47 Å². The lowest BCUT2D eigenvalue weighted by Crippen LogP contribution is -2.50. The highest BCUT2D eigenvalue weighted by Gasteiger charge is 2.38. The van der Waals surface area contributed by atoms with Crippen molar-refractivity contribution in [2.45, 2.75) is 43.9 Å². The highest BCUT2D eigenvalue weighted by Crippen LogP contribution is 2.34. The second kappa shape index (κ2) is 8.33. The largest absolute Gasteiger partial charge is 0.381 e. The summed E-state index contributed by atoms with van der Waals surface area (Å²) in [6.07, 6.45) is 3.98. The maximum Gasteiger partial charge on any atom is 0.266 e. The average molecular weight is 369 g/mol. The Hall–Kier alpha value is -2.02. The SMILES string of the molecule is O=c1ccc(-c2ccccc2)nn1CCN[C@H]1CCOC2(CCOCC2)C1. The number of aromatic nitrogens is 2. The molecule has 0 bridgehead atoms. The molecule has 0 radical (unpaired) electrons. The average Bonchev–Trinajstić information content (AvgIpc) is 2.71. The van der Waals surface area contributed by atoms with Crippen molar-refractivity contribution in [1.29, 1.82) is 0 Å². The Morgan fingerprint density at radius 3 is 2.74 bits per heavy atom. The van der Waals surface area contributed by atoms with Crippen LogP contribution in [-0.2, 0) is 16.0 Å².